The lowest BCUT2D eigenvalue weighted by molar-refractivity contribution is -0.149. The maximum Gasteiger partial charge on any atom is 0.398 e. The van der Waals surface area contributed by atoms with E-state index in [-0.39, 0.29) is 23.2 Å². The van der Waals surface area contributed by atoms with Gasteiger partial charge in [0.2, 0.25) is 0 Å². The molecule has 2 N–H and O–H groups in total. The third-order valence-corrected chi connectivity index (χ3v) is 7.87. The van der Waals surface area contributed by atoms with E-state index in [0.29, 0.717) is 42.9 Å². The molecule has 8 nitrogen and oxygen atoms in total. The first-order valence-electron chi connectivity index (χ1n) is 12.4. The molecule has 0 spiro atoms. The summed E-state index contributed by atoms with van der Waals surface area (Å²) in [6, 6.07) is 11.9. The molecule has 3 aromatic heterocycles. The lowest BCUT2D eigenvalue weighted by atomic mass is 9.97. The van der Waals surface area contributed by atoms with E-state index in [1.54, 1.807) is 23.5 Å². The van der Waals surface area contributed by atoms with Crippen molar-refractivity contribution in [2.24, 2.45) is 0 Å². The number of carbonyl (C=O) groups is 2. The van der Waals surface area contributed by atoms with E-state index in [0.717, 1.165) is 10.4 Å². The number of nitrogens with zero attached hydrogens (tertiary/aromatic N) is 3. The predicted octanol–water partition coefficient (Wildman–Crippen LogP) is 5.12. The average molecular weight is 558 g/mol. The van der Waals surface area contributed by atoms with Crippen LogP contribution in [0.3, 0.4) is 0 Å². The van der Waals surface area contributed by atoms with Gasteiger partial charge in [-0.2, -0.15) is 13.2 Å². The van der Waals surface area contributed by atoms with Gasteiger partial charge < -0.3 is 19.9 Å². The van der Waals surface area contributed by atoms with Gasteiger partial charge in [0.25, 0.3) is 11.8 Å². The number of benzene rings is 1. The van der Waals surface area contributed by atoms with Crippen molar-refractivity contribution in [3.63, 3.8) is 0 Å². The van der Waals surface area contributed by atoms with Crippen molar-refractivity contribution >= 4 is 34.1 Å². The Bertz CT molecular complexity index is 1460. The Kier molecular flexibility index (Phi) is 7.56. The van der Waals surface area contributed by atoms with Gasteiger partial charge >= 0.3 is 6.18 Å². The molecule has 0 radical (unpaired) electrons. The number of ether oxygens (including phenoxy) is 1. The second-order valence-electron chi connectivity index (χ2n) is 9.29. The molecule has 0 saturated carbocycles. The fraction of sp³-hybridized carbons (Fsp3) is 0.333. The quantitative estimate of drug-likeness (QED) is 0.329. The Hall–Kier alpha value is -3.93. The minimum Gasteiger partial charge on any atom is -0.496 e. The van der Waals surface area contributed by atoms with Gasteiger partial charge in [-0.1, -0.05) is 12.1 Å². The lowest BCUT2D eigenvalue weighted by Crippen LogP contribution is -2.38. The van der Waals surface area contributed by atoms with Crippen LogP contribution in [0.15, 0.2) is 54.0 Å². The Morgan fingerprint density at radius 1 is 1.15 bits per heavy atom. The molecule has 204 valence electrons. The lowest BCUT2D eigenvalue weighted by Gasteiger charge is -2.31. The summed E-state index contributed by atoms with van der Waals surface area (Å²) in [6.07, 6.45) is -1.80. The van der Waals surface area contributed by atoms with E-state index >= 15 is 0 Å². The maximum atomic E-state index is 13.5. The van der Waals surface area contributed by atoms with Gasteiger partial charge in [-0.25, -0.2) is 9.97 Å². The summed E-state index contributed by atoms with van der Waals surface area (Å²) in [7, 11) is 1.56. The van der Waals surface area contributed by atoms with Crippen molar-refractivity contribution in [1.29, 1.82) is 0 Å². The molecule has 4 aromatic rings. The molecule has 0 bridgehead atoms. The summed E-state index contributed by atoms with van der Waals surface area (Å²) in [6.45, 7) is 0.388. The van der Waals surface area contributed by atoms with Crippen LogP contribution in [-0.2, 0) is 0 Å². The molecule has 39 heavy (non-hydrogen) atoms. The van der Waals surface area contributed by atoms with E-state index < -0.39 is 24.5 Å². The standard InChI is InChI=1S/C27H26F3N5O3S/c1-38-23-13-21(33-19-6-3-2-5-17(19)23)26(37)35-11-8-16(9-12-35)25-34-22(15-39-25)24(36)32-14-18(27(28,29)30)20-7-4-10-31-20/h2-7,10,13,15-16,18,31H,8-9,11-12,14H2,1H3,(H,32,36). The van der Waals surface area contributed by atoms with Crippen LogP contribution in [0.25, 0.3) is 10.9 Å². The molecular formula is C27H26F3N5O3S. The number of methoxy groups -OCH3 is 1. The number of likely N-dealkylation sites (tertiary alicyclic amines) is 1. The van der Waals surface area contributed by atoms with Gasteiger partial charge in [0.15, 0.2) is 0 Å². The second-order valence-corrected chi connectivity index (χ2v) is 10.2. The summed E-state index contributed by atoms with van der Waals surface area (Å²) in [5.41, 5.74) is 1.07. The number of hydrogen-bond acceptors (Lipinski definition) is 6. The number of carbonyl (C=O) groups excluding carboxylic acids is 2. The van der Waals surface area contributed by atoms with Gasteiger partial charge in [0, 0.05) is 54.3 Å². The highest BCUT2D eigenvalue weighted by Gasteiger charge is 2.41. The number of hydrogen-bond donors (Lipinski definition) is 2. The Balaban J connectivity index is 1.19. The highest BCUT2D eigenvalue weighted by molar-refractivity contribution is 7.09. The number of piperidine rings is 1. The predicted molar refractivity (Wildman–Crippen MR) is 140 cm³/mol. The summed E-state index contributed by atoms with van der Waals surface area (Å²) in [4.78, 5) is 39.0. The van der Waals surface area contributed by atoms with Crippen molar-refractivity contribution in [3.05, 3.63) is 76.1 Å². The molecule has 1 unspecified atom stereocenters. The molecule has 4 heterocycles. The number of halogens is 3. The van der Waals surface area contributed by atoms with Crippen molar-refractivity contribution < 1.29 is 27.5 Å². The first-order chi connectivity index (χ1) is 18.7. The first-order valence-corrected chi connectivity index (χ1v) is 13.3. The molecule has 5 rings (SSSR count). The van der Waals surface area contributed by atoms with E-state index in [9.17, 15) is 22.8 Å². The van der Waals surface area contributed by atoms with Crippen molar-refractivity contribution in [3.8, 4) is 5.75 Å². The molecule has 0 aliphatic carbocycles. The van der Waals surface area contributed by atoms with Crippen LogP contribution in [0, 0.1) is 0 Å². The van der Waals surface area contributed by atoms with Crippen LogP contribution >= 0.6 is 11.3 Å². The fourth-order valence-corrected chi connectivity index (χ4v) is 5.71. The number of thiazole rings is 1. The minimum absolute atomic E-state index is 0.0135. The molecule has 1 aliphatic rings. The van der Waals surface area contributed by atoms with E-state index in [1.165, 1.54) is 29.7 Å². The highest BCUT2D eigenvalue weighted by Crippen LogP contribution is 2.34. The molecule has 1 fully saturated rings. The van der Waals surface area contributed by atoms with Crippen LogP contribution in [-0.4, -0.2) is 64.6 Å². The second kappa shape index (κ2) is 11.0. The summed E-state index contributed by atoms with van der Waals surface area (Å²) in [5, 5.41) is 5.49. The SMILES string of the molecule is COc1cc(C(=O)N2CCC(c3nc(C(=O)NCC(c4ccc[nH]4)C(F)(F)F)cs3)CC2)nc2ccccc12. The molecule has 12 heteroatoms. The van der Waals surface area contributed by atoms with E-state index in [4.69, 9.17) is 4.74 Å². The number of fused-ring (bicyclic) bond motifs is 1. The van der Waals surface area contributed by atoms with Crippen LogP contribution in [0.2, 0.25) is 0 Å². The number of pyridine rings is 1. The Labute approximate surface area is 226 Å². The highest BCUT2D eigenvalue weighted by atomic mass is 32.1. The van der Waals surface area contributed by atoms with Gasteiger partial charge in [-0.3, -0.25) is 9.59 Å². The molecule has 1 aromatic carbocycles. The number of alkyl halides is 3. The van der Waals surface area contributed by atoms with Crippen molar-refractivity contribution in [2.75, 3.05) is 26.7 Å². The van der Waals surface area contributed by atoms with Crippen LogP contribution in [0.1, 0.15) is 56.4 Å². The zero-order chi connectivity index (χ0) is 27.6. The number of rotatable bonds is 7. The molecule has 1 saturated heterocycles. The van der Waals surface area contributed by atoms with Crippen molar-refractivity contribution in [2.45, 2.75) is 30.9 Å². The minimum atomic E-state index is -4.51. The van der Waals surface area contributed by atoms with E-state index in [1.807, 2.05) is 24.3 Å². The van der Waals surface area contributed by atoms with Crippen molar-refractivity contribution in [1.82, 2.24) is 25.2 Å². The Morgan fingerprint density at radius 2 is 1.92 bits per heavy atom. The number of H-pyrrole nitrogens is 1. The van der Waals surface area contributed by atoms with Crippen LogP contribution in [0.5, 0.6) is 5.75 Å². The van der Waals surface area contributed by atoms with Crippen LogP contribution < -0.4 is 10.1 Å². The van der Waals surface area contributed by atoms with Crippen LogP contribution in [0.4, 0.5) is 13.2 Å². The van der Waals surface area contributed by atoms with Gasteiger partial charge in [-0.15, -0.1) is 11.3 Å². The largest absolute Gasteiger partial charge is 0.496 e. The number of aromatic amines is 1. The first kappa shape index (κ1) is 26.7. The fourth-order valence-electron chi connectivity index (χ4n) is 4.74. The number of para-hydroxylation sites is 1. The zero-order valence-corrected chi connectivity index (χ0v) is 21.8. The number of amides is 2. The third kappa shape index (κ3) is 5.75. The molecule has 1 aliphatic heterocycles. The third-order valence-electron chi connectivity index (χ3n) is 6.86. The topological polar surface area (TPSA) is 100 Å². The molecule has 2 amide bonds. The molecular weight excluding hydrogens is 531 g/mol. The number of aromatic nitrogens is 3. The summed E-state index contributed by atoms with van der Waals surface area (Å²) < 4.78 is 45.9. The normalized spacial score (nSPS) is 15.3. The molecule has 1 atom stereocenters. The number of nitrogens with one attached hydrogen (secondary N) is 2. The monoisotopic (exact) mass is 557 g/mol. The van der Waals surface area contributed by atoms with Gasteiger partial charge in [0.1, 0.15) is 23.1 Å². The Morgan fingerprint density at radius 3 is 2.62 bits per heavy atom. The zero-order valence-electron chi connectivity index (χ0n) is 21.0. The van der Waals surface area contributed by atoms with E-state index in [2.05, 4.69) is 20.3 Å². The maximum absolute atomic E-state index is 13.5. The van der Waals surface area contributed by atoms with Gasteiger partial charge in [0.05, 0.1) is 17.6 Å². The average Bonchev–Trinajstić information content (AvgIpc) is 3.64. The van der Waals surface area contributed by atoms with Gasteiger partial charge in [-0.05, 0) is 37.1 Å². The smallest absolute Gasteiger partial charge is 0.398 e. The summed E-state index contributed by atoms with van der Waals surface area (Å²) in [5.74, 6) is -2.04. The summed E-state index contributed by atoms with van der Waals surface area (Å²) >= 11 is 1.30.